The Morgan fingerprint density at radius 3 is 2.59 bits per heavy atom. The lowest BCUT2D eigenvalue weighted by molar-refractivity contribution is 0.0939. The third-order valence-electron chi connectivity index (χ3n) is 7.58. The molecular weight excluding hydrogens is 514 g/mol. The molecule has 0 saturated carbocycles. The molecule has 0 spiro atoms. The van der Waals surface area contributed by atoms with Gasteiger partial charge in [0.05, 0.1) is 48.3 Å². The first-order chi connectivity index (χ1) is 18.7. The molecule has 9 nitrogen and oxygen atoms in total. The van der Waals surface area contributed by atoms with Crippen molar-refractivity contribution in [2.45, 2.75) is 25.9 Å². The molecule has 39 heavy (non-hydrogen) atoms. The Hall–Kier alpha value is -3.79. The van der Waals surface area contributed by atoms with Crippen LogP contribution in [-0.2, 0) is 4.74 Å². The van der Waals surface area contributed by atoms with Gasteiger partial charge in [-0.25, -0.2) is 9.97 Å². The quantitative estimate of drug-likeness (QED) is 0.334. The molecule has 2 aliphatic heterocycles. The molecule has 2 aliphatic rings. The minimum atomic E-state index is 0. The first kappa shape index (κ1) is 25.5. The first-order valence-electron chi connectivity index (χ1n) is 13.1. The van der Waals surface area contributed by atoms with E-state index in [2.05, 4.69) is 69.1 Å². The highest BCUT2D eigenvalue weighted by Crippen LogP contribution is 2.37. The number of morpholine rings is 1. The summed E-state index contributed by atoms with van der Waals surface area (Å²) in [5.74, 6) is 2.37. The van der Waals surface area contributed by atoms with Gasteiger partial charge in [-0.1, -0.05) is 41.6 Å². The van der Waals surface area contributed by atoms with Gasteiger partial charge in [-0.15, -0.1) is 12.4 Å². The van der Waals surface area contributed by atoms with Crippen LogP contribution in [0.4, 0.5) is 5.82 Å². The van der Waals surface area contributed by atoms with Crippen molar-refractivity contribution in [3.63, 3.8) is 0 Å². The standard InChI is InChI=1S/C29H29N7O2.ClH/c1-18-27(19(2)38-34-18)21-8-9-25-24(12-21)29(35-10-11-37-17-26(35)20-6-4-3-5-7-20)33-28(32-25)22-13-31-36(16-22)23-14-30-15-23;/h3-9,12-13,16,23,26,30H,10-11,14-15,17H2,1-2H3;1H/t26-;/m1./s1. The normalized spacial score (nSPS) is 17.7. The van der Waals surface area contributed by atoms with Gasteiger partial charge in [-0.05, 0) is 37.1 Å². The number of anilines is 1. The molecule has 2 aromatic carbocycles. The number of aromatic nitrogens is 5. The predicted molar refractivity (Wildman–Crippen MR) is 152 cm³/mol. The second kappa shape index (κ2) is 10.4. The van der Waals surface area contributed by atoms with Crippen LogP contribution in [0.2, 0.25) is 0 Å². The van der Waals surface area contributed by atoms with E-state index in [1.54, 1.807) is 0 Å². The lowest BCUT2D eigenvalue weighted by atomic mass is 10.0. The summed E-state index contributed by atoms with van der Waals surface area (Å²) in [6.07, 6.45) is 3.93. The molecule has 5 heterocycles. The number of halogens is 1. The largest absolute Gasteiger partial charge is 0.377 e. The van der Waals surface area contributed by atoms with Gasteiger partial charge in [-0.2, -0.15) is 5.10 Å². The second-order valence-corrected chi connectivity index (χ2v) is 10.0. The Bertz CT molecular complexity index is 1590. The summed E-state index contributed by atoms with van der Waals surface area (Å²) < 4.78 is 13.4. The third-order valence-corrected chi connectivity index (χ3v) is 7.58. The van der Waals surface area contributed by atoms with Crippen LogP contribution in [0, 0.1) is 13.8 Å². The van der Waals surface area contributed by atoms with Crippen LogP contribution in [0.1, 0.15) is 29.1 Å². The van der Waals surface area contributed by atoms with Crippen molar-refractivity contribution in [3.05, 3.63) is 77.9 Å². The van der Waals surface area contributed by atoms with E-state index in [9.17, 15) is 0 Å². The number of hydrogen-bond donors (Lipinski definition) is 1. The van der Waals surface area contributed by atoms with E-state index in [1.807, 2.05) is 30.8 Å². The van der Waals surface area contributed by atoms with E-state index in [4.69, 9.17) is 19.2 Å². The molecule has 7 rings (SSSR count). The fourth-order valence-corrected chi connectivity index (χ4v) is 5.43. The lowest BCUT2D eigenvalue weighted by Crippen LogP contribution is -2.43. The molecule has 1 N–H and O–H groups in total. The summed E-state index contributed by atoms with van der Waals surface area (Å²) >= 11 is 0. The van der Waals surface area contributed by atoms with Crippen LogP contribution in [0.5, 0.6) is 0 Å². The summed E-state index contributed by atoms with van der Waals surface area (Å²) in [6, 6.07) is 17.3. The Morgan fingerprint density at radius 1 is 1.00 bits per heavy atom. The number of aryl methyl sites for hydroxylation is 2. The van der Waals surface area contributed by atoms with Crippen LogP contribution in [-0.4, -0.2) is 57.8 Å². The van der Waals surface area contributed by atoms with Crippen LogP contribution >= 0.6 is 12.4 Å². The summed E-state index contributed by atoms with van der Waals surface area (Å²) in [6.45, 7) is 7.75. The molecule has 200 valence electrons. The van der Waals surface area contributed by atoms with Crippen molar-refractivity contribution in [2.24, 2.45) is 0 Å². The van der Waals surface area contributed by atoms with E-state index in [-0.39, 0.29) is 18.4 Å². The number of hydrogen-bond acceptors (Lipinski definition) is 8. The molecule has 0 unspecified atom stereocenters. The number of nitrogens with zero attached hydrogens (tertiary/aromatic N) is 6. The second-order valence-electron chi connectivity index (χ2n) is 10.0. The number of fused-ring (bicyclic) bond motifs is 1. The van der Waals surface area contributed by atoms with Crippen LogP contribution < -0.4 is 10.2 Å². The summed E-state index contributed by atoms with van der Waals surface area (Å²) in [4.78, 5) is 12.6. The maximum Gasteiger partial charge on any atom is 0.165 e. The topological polar surface area (TPSA) is 94.1 Å². The fraction of sp³-hybridized carbons (Fsp3) is 0.310. The summed E-state index contributed by atoms with van der Waals surface area (Å²) in [5.41, 5.74) is 5.93. The van der Waals surface area contributed by atoms with Gasteiger partial charge in [0.15, 0.2) is 5.82 Å². The van der Waals surface area contributed by atoms with Gasteiger partial charge < -0.3 is 19.5 Å². The van der Waals surface area contributed by atoms with E-state index in [1.165, 1.54) is 5.56 Å². The van der Waals surface area contributed by atoms with E-state index in [0.717, 1.165) is 64.5 Å². The van der Waals surface area contributed by atoms with Gasteiger partial charge in [-0.3, -0.25) is 4.68 Å². The third kappa shape index (κ3) is 4.56. The summed E-state index contributed by atoms with van der Waals surface area (Å²) in [7, 11) is 0. The smallest absolute Gasteiger partial charge is 0.165 e. The molecule has 5 aromatic rings. The molecule has 10 heteroatoms. The maximum atomic E-state index is 5.95. The molecule has 2 fully saturated rings. The molecule has 0 aliphatic carbocycles. The average molecular weight is 544 g/mol. The zero-order valence-corrected chi connectivity index (χ0v) is 22.7. The van der Waals surface area contributed by atoms with Crippen molar-refractivity contribution in [1.29, 1.82) is 0 Å². The fourth-order valence-electron chi connectivity index (χ4n) is 5.43. The number of benzene rings is 2. The highest BCUT2D eigenvalue weighted by atomic mass is 35.5. The molecule has 0 radical (unpaired) electrons. The van der Waals surface area contributed by atoms with Gasteiger partial charge in [0.2, 0.25) is 0 Å². The van der Waals surface area contributed by atoms with Crippen LogP contribution in [0.3, 0.4) is 0 Å². The SMILES string of the molecule is Cc1noc(C)c1-c1ccc2nc(-c3cnn(C4CNC4)c3)nc(N3CCOC[C@@H]3c3ccccc3)c2c1.Cl. The maximum absolute atomic E-state index is 5.95. The monoisotopic (exact) mass is 543 g/mol. The minimum Gasteiger partial charge on any atom is -0.377 e. The molecule has 2 saturated heterocycles. The number of rotatable bonds is 5. The van der Waals surface area contributed by atoms with Crippen LogP contribution in [0.15, 0.2) is 65.4 Å². The van der Waals surface area contributed by atoms with E-state index < -0.39 is 0 Å². The van der Waals surface area contributed by atoms with Crippen molar-refractivity contribution in [2.75, 3.05) is 37.7 Å². The van der Waals surface area contributed by atoms with Gasteiger partial charge in [0.1, 0.15) is 11.6 Å². The van der Waals surface area contributed by atoms with Gasteiger partial charge in [0, 0.05) is 36.8 Å². The predicted octanol–water partition coefficient (Wildman–Crippen LogP) is 4.91. The zero-order chi connectivity index (χ0) is 25.6. The molecule has 3 aromatic heterocycles. The van der Waals surface area contributed by atoms with Crippen molar-refractivity contribution < 1.29 is 9.26 Å². The average Bonchev–Trinajstić information content (AvgIpc) is 3.53. The van der Waals surface area contributed by atoms with Gasteiger partial charge in [0.25, 0.3) is 0 Å². The molecule has 1 atom stereocenters. The lowest BCUT2D eigenvalue weighted by Gasteiger charge is -2.37. The Labute approximate surface area is 232 Å². The highest BCUT2D eigenvalue weighted by molar-refractivity contribution is 5.95. The van der Waals surface area contributed by atoms with E-state index in [0.29, 0.717) is 25.1 Å². The van der Waals surface area contributed by atoms with Crippen LogP contribution in [0.25, 0.3) is 33.4 Å². The number of nitrogens with one attached hydrogen (secondary N) is 1. The summed E-state index contributed by atoms with van der Waals surface area (Å²) in [5, 5.41) is 13.1. The van der Waals surface area contributed by atoms with E-state index >= 15 is 0 Å². The zero-order valence-electron chi connectivity index (χ0n) is 21.9. The molecular formula is C29H30ClN7O2. The van der Waals surface area contributed by atoms with Gasteiger partial charge >= 0.3 is 0 Å². The number of ether oxygens (including phenoxy) is 1. The van der Waals surface area contributed by atoms with Crippen molar-refractivity contribution >= 4 is 29.1 Å². The molecule has 0 bridgehead atoms. The first-order valence-corrected chi connectivity index (χ1v) is 13.1. The molecule has 0 amide bonds. The van der Waals surface area contributed by atoms with Crippen molar-refractivity contribution in [3.8, 4) is 22.5 Å². The highest BCUT2D eigenvalue weighted by Gasteiger charge is 2.29. The Morgan fingerprint density at radius 2 is 1.85 bits per heavy atom. The minimum absolute atomic E-state index is 0. The Kier molecular flexibility index (Phi) is 6.80. The Balaban J connectivity index is 0.00000277. The van der Waals surface area contributed by atoms with Crippen molar-refractivity contribution in [1.82, 2.24) is 30.2 Å².